The van der Waals surface area contributed by atoms with Crippen molar-refractivity contribution in [3.05, 3.63) is 59.8 Å². The Balaban J connectivity index is 1.55. The normalized spacial score (nSPS) is 22.3. The summed E-state index contributed by atoms with van der Waals surface area (Å²) in [5.74, 6) is 6.84. The van der Waals surface area contributed by atoms with Gasteiger partial charge in [-0.3, -0.25) is 4.90 Å². The molecule has 2 aliphatic rings. The molecule has 0 spiro atoms. The largest absolute Gasteiger partial charge is 0.444 e. The Morgan fingerprint density at radius 2 is 1.87 bits per heavy atom. The van der Waals surface area contributed by atoms with Crippen molar-refractivity contribution >= 4 is 11.9 Å². The molecular formula is C19H16N2O2. The van der Waals surface area contributed by atoms with Crippen molar-refractivity contribution < 1.29 is 9.53 Å². The first-order valence-corrected chi connectivity index (χ1v) is 7.84. The summed E-state index contributed by atoms with van der Waals surface area (Å²) in [4.78, 5) is 18.1. The van der Waals surface area contributed by atoms with Crippen molar-refractivity contribution in [1.82, 2.24) is 4.98 Å². The number of hydrogen-bond donors (Lipinski definition) is 0. The van der Waals surface area contributed by atoms with Crippen LogP contribution in [0.4, 0.5) is 10.6 Å². The van der Waals surface area contributed by atoms with E-state index in [0.29, 0.717) is 5.82 Å². The first-order valence-electron chi connectivity index (χ1n) is 7.84. The van der Waals surface area contributed by atoms with Crippen molar-refractivity contribution in [2.75, 3.05) is 4.90 Å². The Hall–Kier alpha value is -2.80. The summed E-state index contributed by atoms with van der Waals surface area (Å²) in [7, 11) is 0. The average Bonchev–Trinajstić information content (AvgIpc) is 3.14. The molecule has 1 aromatic heterocycles. The molecule has 4 rings (SSSR count). The third-order valence-corrected chi connectivity index (χ3v) is 4.32. The first-order chi connectivity index (χ1) is 11.3. The van der Waals surface area contributed by atoms with E-state index in [2.05, 4.69) is 16.8 Å². The van der Waals surface area contributed by atoms with Gasteiger partial charge in [-0.15, -0.1) is 0 Å². The highest BCUT2D eigenvalue weighted by molar-refractivity contribution is 5.89. The summed E-state index contributed by atoms with van der Waals surface area (Å²) < 4.78 is 5.41. The molecule has 2 atom stereocenters. The maximum absolute atomic E-state index is 12.0. The molecule has 23 heavy (non-hydrogen) atoms. The molecule has 0 radical (unpaired) electrons. The van der Waals surface area contributed by atoms with Crippen LogP contribution in [0.2, 0.25) is 0 Å². The maximum atomic E-state index is 12.0. The van der Waals surface area contributed by atoms with Gasteiger partial charge < -0.3 is 4.74 Å². The van der Waals surface area contributed by atoms with Gasteiger partial charge in [0, 0.05) is 17.3 Å². The Labute approximate surface area is 135 Å². The number of nitrogens with zero attached hydrogens (tertiary/aromatic N) is 2. The van der Waals surface area contributed by atoms with Crippen molar-refractivity contribution in [3.8, 4) is 11.8 Å². The van der Waals surface area contributed by atoms with Crippen LogP contribution in [0.1, 0.15) is 30.4 Å². The lowest BCUT2D eigenvalue weighted by atomic mass is 10.2. The highest BCUT2D eigenvalue weighted by Crippen LogP contribution is 2.35. The Kier molecular flexibility index (Phi) is 3.47. The van der Waals surface area contributed by atoms with Crippen molar-refractivity contribution in [2.24, 2.45) is 0 Å². The monoisotopic (exact) mass is 304 g/mol. The molecule has 1 aliphatic heterocycles. The van der Waals surface area contributed by atoms with Gasteiger partial charge in [-0.1, -0.05) is 30.0 Å². The minimum atomic E-state index is -0.282. The molecule has 0 bridgehead atoms. The van der Waals surface area contributed by atoms with Crippen molar-refractivity contribution in [3.63, 3.8) is 0 Å². The number of anilines is 1. The number of benzene rings is 1. The number of hydrogen-bond acceptors (Lipinski definition) is 3. The summed E-state index contributed by atoms with van der Waals surface area (Å²) in [5, 5.41) is 0. The first kappa shape index (κ1) is 13.8. The molecule has 1 saturated carbocycles. The molecule has 2 unspecified atom stereocenters. The molecule has 2 aromatic rings. The van der Waals surface area contributed by atoms with Crippen LogP contribution >= 0.6 is 0 Å². The third kappa shape index (κ3) is 2.66. The predicted molar refractivity (Wildman–Crippen MR) is 87.0 cm³/mol. The minimum Gasteiger partial charge on any atom is -0.444 e. The zero-order valence-electron chi connectivity index (χ0n) is 12.6. The summed E-state index contributed by atoms with van der Waals surface area (Å²) in [5.41, 5.74) is 1.79. The quantitative estimate of drug-likeness (QED) is 0.759. The van der Waals surface area contributed by atoms with Crippen molar-refractivity contribution in [1.29, 1.82) is 0 Å². The maximum Gasteiger partial charge on any atom is 0.416 e. The minimum absolute atomic E-state index is 0.0295. The predicted octanol–water partition coefficient (Wildman–Crippen LogP) is 3.36. The van der Waals surface area contributed by atoms with E-state index in [0.717, 1.165) is 30.4 Å². The molecule has 1 amide bonds. The van der Waals surface area contributed by atoms with E-state index in [1.54, 1.807) is 11.1 Å². The van der Waals surface area contributed by atoms with E-state index in [4.69, 9.17) is 4.74 Å². The number of pyridine rings is 1. The smallest absolute Gasteiger partial charge is 0.416 e. The Morgan fingerprint density at radius 3 is 2.65 bits per heavy atom. The summed E-state index contributed by atoms with van der Waals surface area (Å²) in [6, 6.07) is 13.7. The second-order valence-electron chi connectivity index (χ2n) is 5.81. The number of fused-ring (bicyclic) bond motifs is 1. The fourth-order valence-corrected chi connectivity index (χ4v) is 3.19. The van der Waals surface area contributed by atoms with E-state index in [1.807, 2.05) is 42.5 Å². The highest BCUT2D eigenvalue weighted by atomic mass is 16.6. The Bertz CT molecular complexity index is 775. The fourth-order valence-electron chi connectivity index (χ4n) is 3.19. The topological polar surface area (TPSA) is 42.4 Å². The summed E-state index contributed by atoms with van der Waals surface area (Å²) in [6.45, 7) is 0. The lowest BCUT2D eigenvalue weighted by molar-refractivity contribution is 0.138. The molecule has 1 saturated heterocycles. The molecule has 1 aliphatic carbocycles. The van der Waals surface area contributed by atoms with Crippen LogP contribution in [-0.4, -0.2) is 23.2 Å². The molecule has 1 aromatic carbocycles. The van der Waals surface area contributed by atoms with Gasteiger partial charge in [0.15, 0.2) is 0 Å². The van der Waals surface area contributed by atoms with Crippen LogP contribution in [-0.2, 0) is 4.74 Å². The molecule has 2 fully saturated rings. The zero-order valence-corrected chi connectivity index (χ0v) is 12.6. The second kappa shape index (κ2) is 5.77. The number of aromatic nitrogens is 1. The molecule has 4 heteroatoms. The van der Waals surface area contributed by atoms with Gasteiger partial charge in [0.05, 0.1) is 6.04 Å². The average molecular weight is 304 g/mol. The van der Waals surface area contributed by atoms with Crippen LogP contribution in [0.15, 0.2) is 48.7 Å². The van der Waals surface area contributed by atoms with Crippen LogP contribution in [0.3, 0.4) is 0 Å². The van der Waals surface area contributed by atoms with Gasteiger partial charge in [-0.2, -0.15) is 0 Å². The fraction of sp³-hybridized carbons (Fsp3) is 0.263. The van der Waals surface area contributed by atoms with Gasteiger partial charge >= 0.3 is 6.09 Å². The van der Waals surface area contributed by atoms with Crippen LogP contribution in [0.25, 0.3) is 0 Å². The van der Waals surface area contributed by atoms with Gasteiger partial charge in [-0.05, 0) is 43.5 Å². The molecule has 114 valence electrons. The number of carbonyl (C=O) groups is 1. The van der Waals surface area contributed by atoms with Gasteiger partial charge in [-0.25, -0.2) is 9.78 Å². The van der Waals surface area contributed by atoms with Crippen LogP contribution < -0.4 is 4.90 Å². The van der Waals surface area contributed by atoms with Crippen molar-refractivity contribution in [2.45, 2.75) is 31.4 Å². The molecule has 4 nitrogen and oxygen atoms in total. The van der Waals surface area contributed by atoms with Gasteiger partial charge in [0.2, 0.25) is 0 Å². The lowest BCUT2D eigenvalue weighted by Gasteiger charge is -2.18. The zero-order chi connectivity index (χ0) is 15.6. The lowest BCUT2D eigenvalue weighted by Crippen LogP contribution is -2.34. The van der Waals surface area contributed by atoms with Crippen LogP contribution in [0, 0.1) is 11.8 Å². The van der Waals surface area contributed by atoms with E-state index in [9.17, 15) is 4.79 Å². The van der Waals surface area contributed by atoms with E-state index < -0.39 is 0 Å². The van der Waals surface area contributed by atoms with E-state index in [1.165, 1.54) is 0 Å². The molecule has 0 N–H and O–H groups in total. The Morgan fingerprint density at radius 1 is 1.04 bits per heavy atom. The number of carbonyl (C=O) groups excluding carboxylic acids is 1. The van der Waals surface area contributed by atoms with Gasteiger partial charge in [0.25, 0.3) is 0 Å². The number of rotatable bonds is 1. The second-order valence-corrected chi connectivity index (χ2v) is 5.81. The standard InChI is InChI=1S/C19H16N2O2/c22-19-21(16-7-4-8-17(16)23-19)18-12-11-15(13-20-18)10-9-14-5-2-1-3-6-14/h1-3,5-6,11-13,16-17H,4,7-8H2. The molecule has 2 heterocycles. The number of amides is 1. The van der Waals surface area contributed by atoms with Crippen LogP contribution in [0.5, 0.6) is 0 Å². The SMILES string of the molecule is O=C1OC2CCCC2N1c1ccc(C#Cc2ccccc2)cn1. The van der Waals surface area contributed by atoms with E-state index >= 15 is 0 Å². The van der Waals surface area contributed by atoms with E-state index in [-0.39, 0.29) is 18.2 Å². The summed E-state index contributed by atoms with van der Waals surface area (Å²) >= 11 is 0. The molecular weight excluding hydrogens is 288 g/mol. The number of ether oxygens (including phenoxy) is 1. The van der Waals surface area contributed by atoms with Gasteiger partial charge in [0.1, 0.15) is 11.9 Å². The highest BCUT2D eigenvalue weighted by Gasteiger charge is 2.45. The summed E-state index contributed by atoms with van der Waals surface area (Å²) in [6.07, 6.45) is 4.49. The third-order valence-electron chi connectivity index (χ3n) is 4.32.